The Bertz CT molecular complexity index is 1670. The summed E-state index contributed by atoms with van der Waals surface area (Å²) < 4.78 is 42.1. The average Bonchev–Trinajstić information content (AvgIpc) is 3.23. The van der Waals surface area contributed by atoms with Crippen molar-refractivity contribution in [2.75, 3.05) is 5.32 Å². The van der Waals surface area contributed by atoms with Crippen LogP contribution < -0.4 is 16.6 Å². The number of aryl methyl sites for hydroxylation is 2. The van der Waals surface area contributed by atoms with E-state index in [1.165, 1.54) is 43.9 Å². The van der Waals surface area contributed by atoms with Gasteiger partial charge in [0, 0.05) is 18.8 Å². The van der Waals surface area contributed by atoms with E-state index in [4.69, 9.17) is 0 Å². The summed E-state index contributed by atoms with van der Waals surface area (Å²) in [5, 5.41) is 2.57. The van der Waals surface area contributed by atoms with E-state index in [2.05, 4.69) is 20.3 Å². The van der Waals surface area contributed by atoms with Crippen LogP contribution in [0.2, 0.25) is 0 Å². The SMILES string of the molecule is CC(=O)Cn1c(=O)c2c(ncn2CC(=O)Nc2cccc(-c3cnc(C(F)(F)F)c(C)c3)n2)n(C)c1=O. The van der Waals surface area contributed by atoms with Crippen molar-refractivity contribution in [2.45, 2.75) is 33.1 Å². The number of fused-ring (bicyclic) bond motifs is 1. The summed E-state index contributed by atoms with van der Waals surface area (Å²) in [5.74, 6) is -0.866. The quantitative estimate of drug-likeness (QED) is 0.415. The standard InChI is InChI=1S/C23H20F3N7O4/c1-12-7-14(8-27-19(12)23(24,25)26)15-5-4-6-16(29-15)30-17(35)10-32-11-28-20-18(32)21(36)33(9-13(2)34)22(37)31(20)3/h4-8,11H,9-10H2,1-3H3,(H,29,30,35). The number of halogens is 3. The number of aromatic nitrogens is 6. The van der Waals surface area contributed by atoms with Crippen LogP contribution in [0.15, 0.2) is 46.4 Å². The van der Waals surface area contributed by atoms with Crippen LogP contribution in [0.3, 0.4) is 0 Å². The van der Waals surface area contributed by atoms with Crippen molar-refractivity contribution in [1.29, 1.82) is 0 Å². The third kappa shape index (κ3) is 5.03. The van der Waals surface area contributed by atoms with Crippen molar-refractivity contribution in [3.05, 3.63) is 68.9 Å². The van der Waals surface area contributed by atoms with Crippen molar-refractivity contribution in [2.24, 2.45) is 7.05 Å². The molecule has 0 saturated heterocycles. The van der Waals surface area contributed by atoms with E-state index in [1.54, 1.807) is 12.1 Å². The average molecular weight is 515 g/mol. The highest BCUT2D eigenvalue weighted by Crippen LogP contribution is 2.31. The molecule has 4 rings (SSSR count). The minimum atomic E-state index is -4.58. The van der Waals surface area contributed by atoms with Crippen molar-refractivity contribution in [3.8, 4) is 11.3 Å². The molecule has 192 valence electrons. The Hall–Kier alpha value is -4.62. The second-order valence-electron chi connectivity index (χ2n) is 8.32. The first-order valence-electron chi connectivity index (χ1n) is 10.8. The van der Waals surface area contributed by atoms with Gasteiger partial charge in [0.2, 0.25) is 5.91 Å². The zero-order chi connectivity index (χ0) is 27.1. The molecule has 0 bridgehead atoms. The minimum absolute atomic E-state index is 0.0356. The number of alkyl halides is 3. The van der Waals surface area contributed by atoms with Crippen LogP contribution in [0.5, 0.6) is 0 Å². The van der Waals surface area contributed by atoms with Crippen LogP contribution in [-0.2, 0) is 35.9 Å². The molecule has 0 radical (unpaired) electrons. The molecule has 0 aromatic carbocycles. The van der Waals surface area contributed by atoms with Gasteiger partial charge in [-0.25, -0.2) is 14.8 Å². The molecule has 4 aromatic rings. The number of carbonyl (C=O) groups excluding carboxylic acids is 2. The molecule has 0 aliphatic rings. The molecule has 37 heavy (non-hydrogen) atoms. The highest BCUT2D eigenvalue weighted by atomic mass is 19.4. The van der Waals surface area contributed by atoms with Crippen LogP contribution in [0.4, 0.5) is 19.0 Å². The Balaban J connectivity index is 1.60. The van der Waals surface area contributed by atoms with E-state index in [-0.39, 0.29) is 34.8 Å². The zero-order valence-corrected chi connectivity index (χ0v) is 19.8. The number of ketones is 1. The Labute approximate surface area is 206 Å². The number of amides is 1. The van der Waals surface area contributed by atoms with Crippen molar-refractivity contribution >= 4 is 28.7 Å². The molecule has 0 saturated carbocycles. The van der Waals surface area contributed by atoms with Crippen LogP contribution in [0.25, 0.3) is 22.4 Å². The molecular formula is C23H20F3N7O4. The first kappa shape index (κ1) is 25.5. The lowest BCUT2D eigenvalue weighted by Gasteiger charge is -2.11. The number of nitrogens with one attached hydrogen (secondary N) is 1. The number of carbonyl (C=O) groups is 2. The molecule has 14 heteroatoms. The maximum Gasteiger partial charge on any atom is 0.433 e. The minimum Gasteiger partial charge on any atom is -0.315 e. The monoisotopic (exact) mass is 515 g/mol. The molecule has 0 fully saturated rings. The maximum atomic E-state index is 13.0. The molecule has 0 aliphatic heterocycles. The summed E-state index contributed by atoms with van der Waals surface area (Å²) in [6.45, 7) is 1.75. The number of hydrogen-bond donors (Lipinski definition) is 1. The second kappa shape index (κ2) is 9.44. The predicted octanol–water partition coefficient (Wildman–Crippen LogP) is 1.91. The number of anilines is 1. The molecule has 4 aromatic heterocycles. The molecule has 1 amide bonds. The van der Waals surface area contributed by atoms with Crippen molar-refractivity contribution < 1.29 is 22.8 Å². The summed E-state index contributed by atoms with van der Waals surface area (Å²) in [4.78, 5) is 61.4. The summed E-state index contributed by atoms with van der Waals surface area (Å²) >= 11 is 0. The molecule has 0 spiro atoms. The van der Waals surface area contributed by atoms with Crippen LogP contribution in [-0.4, -0.2) is 40.3 Å². The fourth-order valence-electron chi connectivity index (χ4n) is 3.82. The van der Waals surface area contributed by atoms with Gasteiger partial charge in [-0.15, -0.1) is 0 Å². The van der Waals surface area contributed by atoms with Gasteiger partial charge in [-0.1, -0.05) is 6.07 Å². The van der Waals surface area contributed by atoms with E-state index in [1.807, 2.05) is 0 Å². The van der Waals surface area contributed by atoms with Gasteiger partial charge in [-0.3, -0.25) is 28.5 Å². The van der Waals surface area contributed by atoms with Gasteiger partial charge in [0.25, 0.3) is 5.56 Å². The van der Waals surface area contributed by atoms with E-state index in [0.717, 1.165) is 15.3 Å². The molecular weight excluding hydrogens is 495 g/mol. The third-order valence-corrected chi connectivity index (χ3v) is 5.46. The number of imidazole rings is 1. The Morgan fingerprint density at radius 2 is 1.84 bits per heavy atom. The van der Waals surface area contributed by atoms with Gasteiger partial charge in [0.15, 0.2) is 11.2 Å². The van der Waals surface area contributed by atoms with Crippen molar-refractivity contribution in [3.63, 3.8) is 0 Å². The maximum absolute atomic E-state index is 13.0. The Morgan fingerprint density at radius 3 is 2.49 bits per heavy atom. The zero-order valence-electron chi connectivity index (χ0n) is 19.8. The first-order valence-corrected chi connectivity index (χ1v) is 10.8. The lowest BCUT2D eigenvalue weighted by molar-refractivity contribution is -0.141. The first-order chi connectivity index (χ1) is 17.4. The lowest BCUT2D eigenvalue weighted by Crippen LogP contribution is -2.41. The largest absolute Gasteiger partial charge is 0.433 e. The fraction of sp³-hybridized carbons (Fsp3) is 0.261. The van der Waals surface area contributed by atoms with Crippen LogP contribution in [0.1, 0.15) is 18.2 Å². The highest BCUT2D eigenvalue weighted by molar-refractivity contribution is 5.90. The normalized spacial score (nSPS) is 11.6. The molecule has 1 N–H and O–H groups in total. The summed E-state index contributed by atoms with van der Waals surface area (Å²) in [5.41, 5.74) is -1.91. The molecule has 0 unspecified atom stereocenters. The van der Waals surface area contributed by atoms with E-state index >= 15 is 0 Å². The second-order valence-corrected chi connectivity index (χ2v) is 8.32. The van der Waals surface area contributed by atoms with E-state index in [9.17, 15) is 32.3 Å². The predicted molar refractivity (Wildman–Crippen MR) is 126 cm³/mol. The number of Topliss-reactive ketones (excluding diaryl/α,β-unsaturated/α-hetero) is 1. The van der Waals surface area contributed by atoms with Gasteiger partial charge in [0.05, 0.1) is 18.6 Å². The summed E-state index contributed by atoms with van der Waals surface area (Å²) in [6.07, 6.45) is -2.30. The smallest absolute Gasteiger partial charge is 0.315 e. The van der Waals surface area contributed by atoms with E-state index < -0.39 is 41.4 Å². The van der Waals surface area contributed by atoms with Crippen molar-refractivity contribution in [1.82, 2.24) is 28.7 Å². The number of hydrogen-bond acceptors (Lipinski definition) is 7. The highest BCUT2D eigenvalue weighted by Gasteiger charge is 2.34. The molecule has 4 heterocycles. The van der Waals surface area contributed by atoms with Gasteiger partial charge >= 0.3 is 11.9 Å². The molecule has 0 aliphatic carbocycles. The van der Waals surface area contributed by atoms with E-state index in [0.29, 0.717) is 5.56 Å². The van der Waals surface area contributed by atoms with Gasteiger partial charge < -0.3 is 9.88 Å². The third-order valence-electron chi connectivity index (χ3n) is 5.46. The summed E-state index contributed by atoms with van der Waals surface area (Å²) in [6, 6.07) is 5.91. The Kier molecular flexibility index (Phi) is 6.50. The fourth-order valence-corrected chi connectivity index (χ4v) is 3.82. The van der Waals surface area contributed by atoms with Gasteiger partial charge in [0.1, 0.15) is 23.8 Å². The molecule has 0 atom stereocenters. The topological polar surface area (TPSA) is 134 Å². The van der Waals surface area contributed by atoms with Gasteiger partial charge in [-0.2, -0.15) is 13.2 Å². The number of nitrogens with zero attached hydrogens (tertiary/aromatic N) is 6. The Morgan fingerprint density at radius 1 is 1.11 bits per heavy atom. The number of rotatable bonds is 6. The summed E-state index contributed by atoms with van der Waals surface area (Å²) in [7, 11) is 1.39. The van der Waals surface area contributed by atoms with Crippen LogP contribution >= 0.6 is 0 Å². The molecule has 11 nitrogen and oxygen atoms in total. The van der Waals surface area contributed by atoms with Gasteiger partial charge in [-0.05, 0) is 37.6 Å². The number of pyridine rings is 2. The van der Waals surface area contributed by atoms with Crippen LogP contribution in [0, 0.1) is 6.92 Å². The lowest BCUT2D eigenvalue weighted by atomic mass is 10.1.